The summed E-state index contributed by atoms with van der Waals surface area (Å²) in [7, 11) is 3.20. The maximum atomic E-state index is 14.5. The lowest BCUT2D eigenvalue weighted by molar-refractivity contribution is -0.123. The van der Waals surface area contributed by atoms with E-state index < -0.39 is 29.4 Å². The number of hydrogen-bond donors (Lipinski definition) is 4. The van der Waals surface area contributed by atoms with Crippen LogP contribution in [0, 0.1) is 18.7 Å². The van der Waals surface area contributed by atoms with Gasteiger partial charge < -0.3 is 30.2 Å². The molecule has 0 aliphatic heterocycles. The highest BCUT2D eigenvalue weighted by Gasteiger charge is 2.22. The number of nitrogens with one attached hydrogen (secondary N) is 3. The van der Waals surface area contributed by atoms with Gasteiger partial charge in [-0.3, -0.25) is 19.4 Å². The molecule has 0 saturated heterocycles. The molecule has 0 aromatic carbocycles. The molecule has 3 amide bonds. The van der Waals surface area contributed by atoms with Gasteiger partial charge in [0.15, 0.2) is 5.82 Å². The Morgan fingerprint density at radius 2 is 1.98 bits per heavy atom. The topological polar surface area (TPSA) is 149 Å². The van der Waals surface area contributed by atoms with Crippen LogP contribution in [0.5, 0.6) is 0 Å². The third-order valence-electron chi connectivity index (χ3n) is 6.27. The zero-order chi connectivity index (χ0) is 29.6. The number of carboxylic acid groups (broad SMARTS) is 1. The standard InChI is InChI=1S/C28H35FN6O5/c1-16(2)12-23-25-19(20(29)14-30-23)13-18(31-25)15-35-17(3)10-11-22(27(35)38)32-26(37)21(33-28(39)40)8-6-7-9-24(36)34(4)5/h7,9-11,13-14,16,21,31,33H,6,8,12,15H2,1-5H3,(H,32,37)(H,39,40). The van der Waals surface area contributed by atoms with E-state index in [4.69, 9.17) is 0 Å². The maximum absolute atomic E-state index is 14.5. The van der Waals surface area contributed by atoms with E-state index in [9.17, 15) is 28.7 Å². The van der Waals surface area contributed by atoms with Crippen molar-refractivity contribution >= 4 is 34.5 Å². The van der Waals surface area contributed by atoms with Gasteiger partial charge in [-0.05, 0) is 56.4 Å². The second-order valence-electron chi connectivity index (χ2n) is 10.2. The van der Waals surface area contributed by atoms with E-state index in [1.165, 1.54) is 27.8 Å². The molecule has 0 saturated carbocycles. The molecule has 3 aromatic heterocycles. The zero-order valence-corrected chi connectivity index (χ0v) is 23.2. The quantitative estimate of drug-likeness (QED) is 0.267. The largest absolute Gasteiger partial charge is 0.465 e. The maximum Gasteiger partial charge on any atom is 0.405 e. The summed E-state index contributed by atoms with van der Waals surface area (Å²) < 4.78 is 15.9. The molecule has 0 radical (unpaired) electrons. The van der Waals surface area contributed by atoms with Gasteiger partial charge in [-0.2, -0.15) is 0 Å². The SMILES string of the molecule is Cc1ccc(NC(=O)C(CCC=CC(=O)N(C)C)NC(=O)O)c(=O)n1Cc1cc2c(F)cnc(CC(C)C)c2[nH]1. The second kappa shape index (κ2) is 13.0. The van der Waals surface area contributed by atoms with Crippen LogP contribution in [0.4, 0.5) is 14.9 Å². The summed E-state index contributed by atoms with van der Waals surface area (Å²) in [4.78, 5) is 58.0. The number of rotatable bonds is 11. The smallest absolute Gasteiger partial charge is 0.405 e. The van der Waals surface area contributed by atoms with Crippen molar-refractivity contribution in [3.05, 3.63) is 69.8 Å². The lowest BCUT2D eigenvalue weighted by Crippen LogP contribution is -2.44. The highest BCUT2D eigenvalue weighted by molar-refractivity contribution is 5.96. The molecule has 3 aromatic rings. The Balaban J connectivity index is 1.82. The van der Waals surface area contributed by atoms with Crippen molar-refractivity contribution in [1.29, 1.82) is 0 Å². The number of carbonyl (C=O) groups excluding carboxylic acids is 2. The van der Waals surface area contributed by atoms with E-state index in [-0.39, 0.29) is 31.0 Å². The number of amides is 3. The van der Waals surface area contributed by atoms with Crippen LogP contribution < -0.4 is 16.2 Å². The minimum Gasteiger partial charge on any atom is -0.465 e. The third kappa shape index (κ3) is 7.55. The average Bonchev–Trinajstić information content (AvgIpc) is 3.31. The average molecular weight is 555 g/mol. The zero-order valence-electron chi connectivity index (χ0n) is 23.2. The highest BCUT2D eigenvalue weighted by atomic mass is 19.1. The summed E-state index contributed by atoms with van der Waals surface area (Å²) in [5, 5.41) is 14.3. The summed E-state index contributed by atoms with van der Waals surface area (Å²) in [6.45, 7) is 5.91. The number of pyridine rings is 2. The number of H-pyrrole nitrogens is 1. The van der Waals surface area contributed by atoms with Crippen molar-refractivity contribution in [2.45, 2.75) is 52.6 Å². The Morgan fingerprint density at radius 3 is 2.62 bits per heavy atom. The van der Waals surface area contributed by atoms with Gasteiger partial charge in [0.05, 0.1) is 24.0 Å². The Labute approximate surface area is 231 Å². The van der Waals surface area contributed by atoms with Crippen molar-refractivity contribution in [2.24, 2.45) is 5.92 Å². The minimum absolute atomic E-state index is 0.0319. The predicted octanol–water partition coefficient (Wildman–Crippen LogP) is 3.42. The van der Waals surface area contributed by atoms with Crippen LogP contribution in [-0.4, -0.2) is 62.6 Å². The van der Waals surface area contributed by atoms with E-state index in [0.29, 0.717) is 34.6 Å². The van der Waals surface area contributed by atoms with Crippen LogP contribution in [0.1, 0.15) is 43.8 Å². The molecule has 1 unspecified atom stereocenters. The summed E-state index contributed by atoms with van der Waals surface area (Å²) >= 11 is 0. The molecule has 0 aliphatic rings. The number of aromatic nitrogens is 3. The van der Waals surface area contributed by atoms with Gasteiger partial charge in [-0.1, -0.05) is 19.9 Å². The molecule has 0 fully saturated rings. The normalized spacial score (nSPS) is 12.2. The fourth-order valence-electron chi connectivity index (χ4n) is 4.19. The van der Waals surface area contributed by atoms with Crippen molar-refractivity contribution in [2.75, 3.05) is 19.4 Å². The predicted molar refractivity (Wildman–Crippen MR) is 150 cm³/mol. The molecule has 3 rings (SSSR count). The van der Waals surface area contributed by atoms with Crippen molar-refractivity contribution in [1.82, 2.24) is 24.8 Å². The first kappa shape index (κ1) is 30.1. The molecular formula is C28H35FN6O5. The van der Waals surface area contributed by atoms with E-state index in [2.05, 4.69) is 20.6 Å². The number of nitrogens with zero attached hydrogens (tertiary/aromatic N) is 3. The van der Waals surface area contributed by atoms with Gasteiger partial charge in [0.25, 0.3) is 5.56 Å². The minimum atomic E-state index is -1.40. The van der Waals surface area contributed by atoms with Crippen LogP contribution in [0.25, 0.3) is 10.9 Å². The molecule has 0 bridgehead atoms. The second-order valence-corrected chi connectivity index (χ2v) is 10.2. The number of fused-ring (bicyclic) bond motifs is 1. The molecule has 0 aliphatic carbocycles. The fourth-order valence-corrected chi connectivity index (χ4v) is 4.19. The summed E-state index contributed by atoms with van der Waals surface area (Å²) in [5.74, 6) is -1.10. The van der Waals surface area contributed by atoms with E-state index in [1.807, 2.05) is 13.8 Å². The number of anilines is 1. The number of aryl methyl sites for hydroxylation is 1. The Hall–Kier alpha value is -4.48. The van der Waals surface area contributed by atoms with Gasteiger partial charge in [-0.25, -0.2) is 9.18 Å². The van der Waals surface area contributed by atoms with E-state index in [1.54, 1.807) is 39.2 Å². The Bertz CT molecular complexity index is 1490. The number of halogens is 1. The summed E-state index contributed by atoms with van der Waals surface area (Å²) in [6.07, 6.45) is 3.67. The van der Waals surface area contributed by atoms with Crippen LogP contribution >= 0.6 is 0 Å². The Morgan fingerprint density at radius 1 is 1.25 bits per heavy atom. The Kier molecular flexibility index (Phi) is 9.81. The number of aromatic amines is 1. The molecular weight excluding hydrogens is 519 g/mol. The lowest BCUT2D eigenvalue weighted by atomic mass is 10.1. The van der Waals surface area contributed by atoms with Crippen molar-refractivity contribution < 1.29 is 23.9 Å². The number of hydrogen-bond acceptors (Lipinski definition) is 5. The molecule has 4 N–H and O–H groups in total. The molecule has 3 heterocycles. The first-order chi connectivity index (χ1) is 18.9. The molecule has 40 heavy (non-hydrogen) atoms. The molecule has 214 valence electrons. The van der Waals surface area contributed by atoms with Crippen molar-refractivity contribution in [3.8, 4) is 0 Å². The number of carbonyl (C=O) groups is 3. The monoisotopic (exact) mass is 554 g/mol. The van der Waals surface area contributed by atoms with E-state index in [0.717, 1.165) is 5.69 Å². The summed E-state index contributed by atoms with van der Waals surface area (Å²) in [6, 6.07) is 3.60. The fraction of sp³-hybridized carbons (Fsp3) is 0.393. The van der Waals surface area contributed by atoms with Crippen LogP contribution in [0.2, 0.25) is 0 Å². The molecule has 0 spiro atoms. The van der Waals surface area contributed by atoms with Crippen LogP contribution in [0.15, 0.2) is 41.3 Å². The van der Waals surface area contributed by atoms with Gasteiger partial charge in [0, 0.05) is 30.9 Å². The van der Waals surface area contributed by atoms with Gasteiger partial charge in [0.1, 0.15) is 11.7 Å². The molecule has 11 nitrogen and oxygen atoms in total. The van der Waals surface area contributed by atoms with Gasteiger partial charge >= 0.3 is 6.09 Å². The summed E-state index contributed by atoms with van der Waals surface area (Å²) in [5.41, 5.74) is 1.99. The first-order valence-electron chi connectivity index (χ1n) is 12.9. The first-order valence-corrected chi connectivity index (χ1v) is 12.9. The lowest BCUT2D eigenvalue weighted by Gasteiger charge is -2.17. The van der Waals surface area contributed by atoms with Crippen LogP contribution in [0.3, 0.4) is 0 Å². The highest BCUT2D eigenvalue weighted by Crippen LogP contribution is 2.23. The number of likely N-dealkylation sites (N-methyl/N-ethyl adjacent to an activating group) is 1. The molecule has 1 atom stereocenters. The third-order valence-corrected chi connectivity index (χ3v) is 6.27. The van der Waals surface area contributed by atoms with E-state index >= 15 is 0 Å². The van der Waals surface area contributed by atoms with Gasteiger partial charge in [0.2, 0.25) is 11.8 Å². The van der Waals surface area contributed by atoms with Crippen molar-refractivity contribution in [3.63, 3.8) is 0 Å². The molecule has 12 heteroatoms. The number of allylic oxidation sites excluding steroid dienone is 1. The van der Waals surface area contributed by atoms with Gasteiger partial charge in [-0.15, -0.1) is 0 Å². The van der Waals surface area contributed by atoms with Crippen LogP contribution in [-0.2, 0) is 22.6 Å².